The number of ether oxygens (including phenoxy) is 1. The topological polar surface area (TPSA) is 85.1 Å². The summed E-state index contributed by atoms with van der Waals surface area (Å²) in [6.45, 7) is 2.86. The number of rotatable bonds is 6. The maximum Gasteiger partial charge on any atom is 0.184 e. The van der Waals surface area contributed by atoms with Gasteiger partial charge in [0.1, 0.15) is 11.5 Å². The summed E-state index contributed by atoms with van der Waals surface area (Å²) in [5.74, 6) is 1.44. The van der Waals surface area contributed by atoms with E-state index in [4.69, 9.17) is 9.72 Å². The maximum atomic E-state index is 10.6. The highest BCUT2D eigenvalue weighted by atomic mass is 32.1. The number of pyridine rings is 1. The van der Waals surface area contributed by atoms with Crippen LogP contribution in [0, 0.1) is 0 Å². The minimum Gasteiger partial charge on any atom is -0.457 e. The molecule has 6 rings (SSSR count). The molecule has 2 aromatic carbocycles. The zero-order chi connectivity index (χ0) is 23.1. The van der Waals surface area contributed by atoms with Gasteiger partial charge in [-0.25, -0.2) is 4.98 Å². The Hall–Kier alpha value is -3.75. The zero-order valence-electron chi connectivity index (χ0n) is 18.5. The zero-order valence-corrected chi connectivity index (χ0v) is 19.4. The summed E-state index contributed by atoms with van der Waals surface area (Å²) in [7, 11) is 0. The monoisotopic (exact) mass is 469 g/mol. The van der Waals surface area contributed by atoms with E-state index >= 15 is 0 Å². The lowest BCUT2D eigenvalue weighted by atomic mass is 10.1. The molecule has 3 heterocycles. The van der Waals surface area contributed by atoms with Crippen LogP contribution in [0.15, 0.2) is 73.2 Å². The number of hydrogen-bond donors (Lipinski definition) is 2. The summed E-state index contributed by atoms with van der Waals surface area (Å²) < 4.78 is 9.02. The molecule has 0 spiro atoms. The normalized spacial score (nSPS) is 17.1. The van der Waals surface area contributed by atoms with Crippen molar-refractivity contribution >= 4 is 26.7 Å². The van der Waals surface area contributed by atoms with E-state index in [-0.39, 0.29) is 6.04 Å². The van der Waals surface area contributed by atoms with Gasteiger partial charge in [-0.2, -0.15) is 5.10 Å². The fraction of sp³-hybridized carbons (Fsp3) is 0.192. The average Bonchev–Trinajstić information content (AvgIpc) is 3.56. The molecule has 2 N–H and O–H groups in total. The van der Waals surface area contributed by atoms with Crippen molar-refractivity contribution in [3.8, 4) is 22.8 Å². The molecule has 0 fully saturated rings. The predicted molar refractivity (Wildman–Crippen MR) is 133 cm³/mol. The molecule has 3 aromatic heterocycles. The van der Waals surface area contributed by atoms with Gasteiger partial charge in [0.25, 0.3) is 0 Å². The highest BCUT2D eigenvalue weighted by Crippen LogP contribution is 2.37. The van der Waals surface area contributed by atoms with Crippen molar-refractivity contribution in [2.24, 2.45) is 0 Å². The van der Waals surface area contributed by atoms with Gasteiger partial charge in [-0.1, -0.05) is 35.6 Å². The number of aliphatic hydroxyl groups is 1. The Morgan fingerprint density at radius 1 is 1.15 bits per heavy atom. The van der Waals surface area contributed by atoms with Crippen LogP contribution < -0.4 is 10.1 Å². The van der Waals surface area contributed by atoms with Crippen LogP contribution in [0.1, 0.15) is 24.1 Å². The lowest BCUT2D eigenvalue weighted by Gasteiger charge is -2.16. The van der Waals surface area contributed by atoms with E-state index in [1.165, 1.54) is 5.56 Å². The number of aryl methyl sites for hydroxylation is 1. The lowest BCUT2D eigenvalue weighted by Crippen LogP contribution is -2.20. The van der Waals surface area contributed by atoms with Gasteiger partial charge in [-0.05, 0) is 36.2 Å². The number of nitrogens with zero attached hydrogens (tertiary/aromatic N) is 4. The Morgan fingerprint density at radius 2 is 2.03 bits per heavy atom. The third kappa shape index (κ3) is 3.91. The first-order valence-electron chi connectivity index (χ1n) is 11.3. The number of fused-ring (bicyclic) bond motifs is 2. The maximum absolute atomic E-state index is 10.6. The number of aromatic nitrogens is 4. The minimum absolute atomic E-state index is 0.153. The summed E-state index contributed by atoms with van der Waals surface area (Å²) in [6, 6.07) is 17.6. The van der Waals surface area contributed by atoms with Gasteiger partial charge in [0, 0.05) is 43.1 Å². The van der Waals surface area contributed by atoms with Gasteiger partial charge in [0.2, 0.25) is 0 Å². The van der Waals surface area contributed by atoms with E-state index in [1.807, 2.05) is 59.5 Å². The number of anilines is 1. The molecular weight excluding hydrogens is 446 g/mol. The van der Waals surface area contributed by atoms with Crippen molar-refractivity contribution in [2.45, 2.75) is 32.0 Å². The third-order valence-electron chi connectivity index (χ3n) is 6.06. The molecule has 2 atom stereocenters. The van der Waals surface area contributed by atoms with E-state index in [0.717, 1.165) is 44.5 Å². The molecule has 1 aliphatic rings. The molecule has 0 amide bonds. The van der Waals surface area contributed by atoms with Gasteiger partial charge >= 0.3 is 0 Å². The SMILES string of the molecule is CCn1cc(-c2cc(Oc3ccc4nc(N[C@@H]5c6ccccc6C[C@@H]5O)sc4c3)ccn2)cn1. The van der Waals surface area contributed by atoms with Crippen molar-refractivity contribution in [2.75, 3.05) is 5.32 Å². The van der Waals surface area contributed by atoms with Crippen LogP contribution in [-0.4, -0.2) is 31.0 Å². The summed E-state index contributed by atoms with van der Waals surface area (Å²) in [6.07, 6.45) is 5.72. The number of hydrogen-bond acceptors (Lipinski definition) is 7. The van der Waals surface area contributed by atoms with Gasteiger partial charge in [-0.3, -0.25) is 9.67 Å². The summed E-state index contributed by atoms with van der Waals surface area (Å²) in [4.78, 5) is 9.17. The third-order valence-corrected chi connectivity index (χ3v) is 7.01. The van der Waals surface area contributed by atoms with Crippen LogP contribution in [0.5, 0.6) is 11.5 Å². The summed E-state index contributed by atoms with van der Waals surface area (Å²) in [5, 5.41) is 19.1. The van der Waals surface area contributed by atoms with E-state index in [1.54, 1.807) is 17.5 Å². The average molecular weight is 470 g/mol. The largest absolute Gasteiger partial charge is 0.457 e. The highest BCUT2D eigenvalue weighted by molar-refractivity contribution is 7.22. The quantitative estimate of drug-likeness (QED) is 0.345. The number of aliphatic hydroxyl groups excluding tert-OH is 1. The minimum atomic E-state index is -0.464. The Balaban J connectivity index is 1.22. The van der Waals surface area contributed by atoms with Crippen LogP contribution in [0.2, 0.25) is 0 Å². The van der Waals surface area contributed by atoms with Crippen molar-refractivity contribution in [3.05, 3.63) is 84.3 Å². The molecule has 8 heteroatoms. The van der Waals surface area contributed by atoms with Crippen molar-refractivity contribution in [3.63, 3.8) is 0 Å². The molecular formula is C26H23N5O2S. The van der Waals surface area contributed by atoms with Gasteiger partial charge in [0.15, 0.2) is 5.13 Å². The molecule has 170 valence electrons. The van der Waals surface area contributed by atoms with E-state index < -0.39 is 6.10 Å². The Kier molecular flexibility index (Phi) is 5.24. The highest BCUT2D eigenvalue weighted by Gasteiger charge is 2.31. The van der Waals surface area contributed by atoms with Crippen molar-refractivity contribution in [1.29, 1.82) is 0 Å². The second-order valence-electron chi connectivity index (χ2n) is 8.30. The smallest absolute Gasteiger partial charge is 0.184 e. The Labute approximate surface area is 200 Å². The van der Waals surface area contributed by atoms with Gasteiger partial charge in [-0.15, -0.1) is 0 Å². The number of nitrogens with one attached hydrogen (secondary N) is 1. The molecule has 34 heavy (non-hydrogen) atoms. The standard InChI is InChI=1S/C26H23N5O2S/c1-2-31-15-17(14-28-31)22-12-19(9-10-27-22)33-18-7-8-21-24(13-18)34-26(29-21)30-25-20-6-4-3-5-16(20)11-23(25)32/h3-10,12-15,23,25,32H,2,11H2,1H3,(H,29,30)/t23-,25+/m0/s1. The molecule has 0 saturated carbocycles. The van der Waals surface area contributed by atoms with E-state index in [9.17, 15) is 5.11 Å². The van der Waals surface area contributed by atoms with Crippen LogP contribution in [0.25, 0.3) is 21.5 Å². The Morgan fingerprint density at radius 3 is 2.91 bits per heavy atom. The number of benzene rings is 2. The summed E-state index contributed by atoms with van der Waals surface area (Å²) >= 11 is 1.55. The lowest BCUT2D eigenvalue weighted by molar-refractivity contribution is 0.166. The molecule has 5 aromatic rings. The van der Waals surface area contributed by atoms with Crippen LogP contribution in [-0.2, 0) is 13.0 Å². The molecule has 7 nitrogen and oxygen atoms in total. The first kappa shape index (κ1) is 20.8. The van der Waals surface area contributed by atoms with Crippen molar-refractivity contribution < 1.29 is 9.84 Å². The van der Waals surface area contributed by atoms with E-state index in [2.05, 4.69) is 34.5 Å². The first-order valence-corrected chi connectivity index (χ1v) is 12.1. The van der Waals surface area contributed by atoms with Crippen LogP contribution in [0.4, 0.5) is 5.13 Å². The van der Waals surface area contributed by atoms with Gasteiger partial charge < -0.3 is 15.2 Å². The molecule has 0 unspecified atom stereocenters. The van der Waals surface area contributed by atoms with Crippen molar-refractivity contribution in [1.82, 2.24) is 19.7 Å². The van der Waals surface area contributed by atoms with Gasteiger partial charge in [0.05, 0.1) is 34.3 Å². The fourth-order valence-electron chi connectivity index (χ4n) is 4.35. The first-order chi connectivity index (χ1) is 16.7. The molecule has 0 bridgehead atoms. The molecule has 1 aliphatic carbocycles. The molecule has 0 saturated heterocycles. The Bertz CT molecular complexity index is 1480. The fourth-order valence-corrected chi connectivity index (χ4v) is 5.28. The summed E-state index contributed by atoms with van der Waals surface area (Å²) in [5.41, 5.74) is 4.98. The van der Waals surface area contributed by atoms with Crippen LogP contribution in [0.3, 0.4) is 0 Å². The second-order valence-corrected chi connectivity index (χ2v) is 9.34. The van der Waals surface area contributed by atoms with Crippen LogP contribution >= 0.6 is 11.3 Å². The number of thiazole rings is 1. The van der Waals surface area contributed by atoms with E-state index in [0.29, 0.717) is 12.2 Å². The molecule has 0 radical (unpaired) electrons. The second kappa shape index (κ2) is 8.55. The predicted octanol–water partition coefficient (Wildman–Crippen LogP) is 5.44. The molecule has 0 aliphatic heterocycles.